The zero-order valence-corrected chi connectivity index (χ0v) is 12.9. The van der Waals surface area contributed by atoms with Crippen LogP contribution in [0.15, 0.2) is 23.1 Å². The summed E-state index contributed by atoms with van der Waals surface area (Å²) in [6.45, 7) is 2.05. The summed E-state index contributed by atoms with van der Waals surface area (Å²) in [7, 11) is -2.79. The lowest BCUT2D eigenvalue weighted by molar-refractivity contribution is 0.163. The van der Waals surface area contributed by atoms with Crippen LogP contribution in [-0.2, 0) is 23.8 Å². The third-order valence-corrected chi connectivity index (χ3v) is 4.77. The fraction of sp³-hybridized carbons (Fsp3) is 0.400. The van der Waals surface area contributed by atoms with Gasteiger partial charge in [-0.3, -0.25) is 4.72 Å². The van der Waals surface area contributed by atoms with Crippen molar-refractivity contribution in [3.05, 3.63) is 24.0 Å². The maximum Gasteiger partial charge on any atom is 0.261 e. The van der Waals surface area contributed by atoms with E-state index in [-0.39, 0.29) is 18.0 Å². The van der Waals surface area contributed by atoms with Crippen LogP contribution in [0.3, 0.4) is 0 Å². The highest BCUT2D eigenvalue weighted by atomic mass is 35.7. The Labute approximate surface area is 121 Å². The second-order valence-corrected chi connectivity index (χ2v) is 8.11. The predicted octanol–water partition coefficient (Wildman–Crippen LogP) is 1.53. The Balaban J connectivity index is 2.89. The molecule has 1 aromatic rings. The highest BCUT2D eigenvalue weighted by molar-refractivity contribution is 8.13. The first-order chi connectivity index (χ1) is 9.15. The molecule has 0 spiro atoms. The van der Waals surface area contributed by atoms with Crippen LogP contribution in [0.2, 0.25) is 0 Å². The van der Waals surface area contributed by atoms with Crippen LogP contribution in [0.4, 0.5) is 10.1 Å². The van der Waals surface area contributed by atoms with Crippen LogP contribution >= 0.6 is 10.7 Å². The minimum absolute atomic E-state index is 0.0262. The lowest BCUT2D eigenvalue weighted by Gasteiger charge is -2.09. The number of ether oxygens (including phenoxy) is 1. The molecule has 114 valence electrons. The van der Waals surface area contributed by atoms with Crippen LogP contribution in [0, 0.1) is 5.82 Å². The third kappa shape index (κ3) is 5.23. The molecule has 0 aliphatic heterocycles. The summed E-state index contributed by atoms with van der Waals surface area (Å²) in [6, 6.07) is 2.64. The van der Waals surface area contributed by atoms with Crippen molar-refractivity contribution >= 4 is 35.4 Å². The van der Waals surface area contributed by atoms with E-state index in [1.165, 1.54) is 0 Å². The minimum atomic E-state index is -4.07. The standard InChI is InChI=1S/C10H13ClFNO5S2/c1-2-18-5-6-19(14,15)13-10-4-3-8(7-9(10)12)20(11,16)17/h3-4,7,13H,2,5-6H2,1H3. The van der Waals surface area contributed by atoms with Gasteiger partial charge in [-0.2, -0.15) is 0 Å². The Morgan fingerprint density at radius 3 is 2.45 bits per heavy atom. The van der Waals surface area contributed by atoms with Crippen LogP contribution < -0.4 is 4.72 Å². The molecular formula is C10H13ClFNO5S2. The topological polar surface area (TPSA) is 89.5 Å². The van der Waals surface area contributed by atoms with Gasteiger partial charge in [0.25, 0.3) is 9.05 Å². The molecule has 0 aliphatic rings. The van der Waals surface area contributed by atoms with Crippen LogP contribution in [0.1, 0.15) is 6.92 Å². The number of anilines is 1. The van der Waals surface area contributed by atoms with Crippen molar-refractivity contribution in [3.63, 3.8) is 0 Å². The van der Waals surface area contributed by atoms with Gasteiger partial charge in [-0.25, -0.2) is 21.2 Å². The lowest BCUT2D eigenvalue weighted by Crippen LogP contribution is -2.20. The monoisotopic (exact) mass is 345 g/mol. The molecule has 10 heteroatoms. The van der Waals surface area contributed by atoms with Gasteiger partial charge in [-0.05, 0) is 25.1 Å². The summed E-state index contributed by atoms with van der Waals surface area (Å²) in [5.41, 5.74) is -0.356. The summed E-state index contributed by atoms with van der Waals surface area (Å²) in [5, 5.41) is 0. The number of rotatable bonds is 7. The van der Waals surface area contributed by atoms with E-state index in [4.69, 9.17) is 15.4 Å². The average molecular weight is 346 g/mol. The van der Waals surface area contributed by atoms with Crippen LogP contribution in [0.25, 0.3) is 0 Å². The normalized spacial score (nSPS) is 12.3. The summed E-state index contributed by atoms with van der Waals surface area (Å²) in [5.74, 6) is -1.37. The van der Waals surface area contributed by atoms with E-state index in [1.54, 1.807) is 6.92 Å². The zero-order valence-electron chi connectivity index (χ0n) is 10.5. The number of benzene rings is 1. The second kappa shape index (κ2) is 6.70. The first kappa shape index (κ1) is 17.2. The van der Waals surface area contributed by atoms with Crippen molar-refractivity contribution in [2.24, 2.45) is 0 Å². The van der Waals surface area contributed by atoms with Gasteiger partial charge in [0.15, 0.2) is 0 Å². The maximum absolute atomic E-state index is 13.6. The van der Waals surface area contributed by atoms with Crippen molar-refractivity contribution in [1.82, 2.24) is 0 Å². The Morgan fingerprint density at radius 1 is 1.30 bits per heavy atom. The van der Waals surface area contributed by atoms with Crippen molar-refractivity contribution in [1.29, 1.82) is 0 Å². The molecule has 0 fully saturated rings. The lowest BCUT2D eigenvalue weighted by atomic mass is 10.3. The van der Waals surface area contributed by atoms with E-state index in [1.807, 2.05) is 4.72 Å². The van der Waals surface area contributed by atoms with Crippen LogP contribution in [-0.4, -0.2) is 35.8 Å². The fourth-order valence-electron chi connectivity index (χ4n) is 1.26. The SMILES string of the molecule is CCOCCS(=O)(=O)Nc1ccc(S(=O)(=O)Cl)cc1F. The molecule has 0 bridgehead atoms. The van der Waals surface area contributed by atoms with E-state index in [0.717, 1.165) is 12.1 Å². The van der Waals surface area contributed by atoms with E-state index in [0.29, 0.717) is 12.7 Å². The van der Waals surface area contributed by atoms with Crippen molar-refractivity contribution in [2.45, 2.75) is 11.8 Å². The summed E-state index contributed by atoms with van der Waals surface area (Å²) >= 11 is 0. The van der Waals surface area contributed by atoms with E-state index in [2.05, 4.69) is 0 Å². The summed E-state index contributed by atoms with van der Waals surface area (Å²) in [4.78, 5) is -0.450. The molecule has 0 atom stereocenters. The average Bonchev–Trinajstić information content (AvgIpc) is 2.30. The Morgan fingerprint density at radius 2 is 1.95 bits per heavy atom. The minimum Gasteiger partial charge on any atom is -0.381 e. The molecular weight excluding hydrogens is 333 g/mol. The van der Waals surface area contributed by atoms with Gasteiger partial charge in [-0.15, -0.1) is 0 Å². The first-order valence-corrected chi connectivity index (χ1v) is 9.44. The van der Waals surface area contributed by atoms with Gasteiger partial charge < -0.3 is 4.74 Å². The number of hydrogen-bond acceptors (Lipinski definition) is 5. The van der Waals surface area contributed by atoms with E-state index >= 15 is 0 Å². The second-order valence-electron chi connectivity index (χ2n) is 3.70. The molecule has 0 heterocycles. The molecule has 1 aromatic carbocycles. The molecule has 0 aliphatic carbocycles. The van der Waals surface area contributed by atoms with Gasteiger partial charge in [0.05, 0.1) is 22.9 Å². The third-order valence-electron chi connectivity index (χ3n) is 2.19. The van der Waals surface area contributed by atoms with E-state index < -0.39 is 29.8 Å². The molecule has 6 nitrogen and oxygen atoms in total. The van der Waals surface area contributed by atoms with Gasteiger partial charge in [0, 0.05) is 17.3 Å². The molecule has 0 unspecified atom stereocenters. The van der Waals surface area contributed by atoms with Crippen molar-refractivity contribution < 1.29 is 26.0 Å². The molecule has 0 amide bonds. The molecule has 20 heavy (non-hydrogen) atoms. The number of hydrogen-bond donors (Lipinski definition) is 1. The fourth-order valence-corrected chi connectivity index (χ4v) is 2.96. The number of halogens is 2. The highest BCUT2D eigenvalue weighted by Crippen LogP contribution is 2.22. The van der Waals surface area contributed by atoms with E-state index in [9.17, 15) is 21.2 Å². The summed E-state index contributed by atoms with van der Waals surface area (Å²) < 4.78 is 65.7. The van der Waals surface area contributed by atoms with Crippen molar-refractivity contribution in [2.75, 3.05) is 23.7 Å². The van der Waals surface area contributed by atoms with Gasteiger partial charge >= 0.3 is 0 Å². The zero-order chi connectivity index (χ0) is 15.4. The molecule has 0 saturated carbocycles. The Kier molecular flexibility index (Phi) is 5.75. The molecule has 0 radical (unpaired) electrons. The molecule has 0 saturated heterocycles. The van der Waals surface area contributed by atoms with Crippen molar-refractivity contribution in [3.8, 4) is 0 Å². The predicted molar refractivity (Wildman–Crippen MR) is 73.3 cm³/mol. The number of sulfonamides is 1. The smallest absolute Gasteiger partial charge is 0.261 e. The Hall–Kier alpha value is -0.900. The van der Waals surface area contributed by atoms with Gasteiger partial charge in [-0.1, -0.05) is 0 Å². The first-order valence-electron chi connectivity index (χ1n) is 5.48. The molecule has 1 N–H and O–H groups in total. The maximum atomic E-state index is 13.6. The highest BCUT2D eigenvalue weighted by Gasteiger charge is 2.16. The molecule has 0 aromatic heterocycles. The Bertz CT molecular complexity index is 675. The van der Waals surface area contributed by atoms with Gasteiger partial charge in [0.1, 0.15) is 5.82 Å². The van der Waals surface area contributed by atoms with Crippen LogP contribution in [0.5, 0.6) is 0 Å². The number of nitrogens with one attached hydrogen (secondary N) is 1. The quantitative estimate of drug-likeness (QED) is 0.598. The van der Waals surface area contributed by atoms with Gasteiger partial charge in [0.2, 0.25) is 10.0 Å². The summed E-state index contributed by atoms with van der Waals surface area (Å²) in [6.07, 6.45) is 0. The molecule has 1 rings (SSSR count). The largest absolute Gasteiger partial charge is 0.381 e.